The van der Waals surface area contributed by atoms with E-state index in [1.165, 1.54) is 18.2 Å². The summed E-state index contributed by atoms with van der Waals surface area (Å²) in [6, 6.07) is 11.5. The minimum absolute atomic E-state index is 0.0523. The van der Waals surface area contributed by atoms with Crippen LogP contribution >= 0.6 is 11.6 Å². The van der Waals surface area contributed by atoms with Gasteiger partial charge in [0.2, 0.25) is 0 Å². The standard InChI is InChI=1S/C15H15ClN2O2/c1-9(11-4-2-3-5-13(11)17)18-15(20)10-6-7-14(19)12(16)8-10/h2-9,19H,17H2,1H3,(H,18,20). The van der Waals surface area contributed by atoms with Gasteiger partial charge in [-0.3, -0.25) is 4.79 Å². The lowest BCUT2D eigenvalue weighted by Crippen LogP contribution is -2.27. The molecule has 2 rings (SSSR count). The number of carbonyl (C=O) groups is 1. The Kier molecular flexibility index (Phi) is 4.15. The molecular formula is C15H15ClN2O2. The molecule has 1 unspecified atom stereocenters. The van der Waals surface area contributed by atoms with Crippen LogP contribution in [0.4, 0.5) is 5.69 Å². The Hall–Kier alpha value is -2.20. The van der Waals surface area contributed by atoms with Crippen LogP contribution in [0.15, 0.2) is 42.5 Å². The van der Waals surface area contributed by atoms with Gasteiger partial charge in [0.25, 0.3) is 5.91 Å². The van der Waals surface area contributed by atoms with Crippen LogP contribution in [0.2, 0.25) is 5.02 Å². The van der Waals surface area contributed by atoms with E-state index in [0.717, 1.165) is 5.56 Å². The number of halogens is 1. The third kappa shape index (κ3) is 3.03. The average Bonchev–Trinajstić information content (AvgIpc) is 2.42. The minimum atomic E-state index is -0.275. The maximum absolute atomic E-state index is 12.1. The molecule has 0 aliphatic rings. The zero-order chi connectivity index (χ0) is 14.7. The SMILES string of the molecule is CC(NC(=O)c1ccc(O)c(Cl)c1)c1ccccc1N. The van der Waals surface area contributed by atoms with Crippen molar-refractivity contribution in [1.82, 2.24) is 5.32 Å². The summed E-state index contributed by atoms with van der Waals surface area (Å²) in [5.74, 6) is -0.328. The third-order valence-electron chi connectivity index (χ3n) is 3.02. The Bertz CT molecular complexity index is 644. The second kappa shape index (κ2) is 5.84. The summed E-state index contributed by atoms with van der Waals surface area (Å²) < 4.78 is 0. The van der Waals surface area contributed by atoms with Crippen LogP contribution in [0.25, 0.3) is 0 Å². The summed E-state index contributed by atoms with van der Waals surface area (Å²) in [5, 5.41) is 12.3. The van der Waals surface area contributed by atoms with Crippen molar-refractivity contribution in [2.24, 2.45) is 0 Å². The molecular weight excluding hydrogens is 276 g/mol. The van der Waals surface area contributed by atoms with Crippen LogP contribution in [0, 0.1) is 0 Å². The predicted octanol–water partition coefficient (Wildman–Crippen LogP) is 3.12. The maximum atomic E-state index is 12.1. The van der Waals surface area contributed by atoms with Gasteiger partial charge in [-0.05, 0) is 36.8 Å². The van der Waals surface area contributed by atoms with E-state index in [1.807, 2.05) is 25.1 Å². The monoisotopic (exact) mass is 290 g/mol. The number of anilines is 1. The highest BCUT2D eigenvalue weighted by molar-refractivity contribution is 6.32. The molecule has 0 heterocycles. The Balaban J connectivity index is 2.15. The number of carbonyl (C=O) groups excluding carboxylic acids is 1. The molecule has 0 aromatic heterocycles. The first-order chi connectivity index (χ1) is 9.49. The fourth-order valence-corrected chi connectivity index (χ4v) is 2.09. The summed E-state index contributed by atoms with van der Waals surface area (Å²) in [4.78, 5) is 12.1. The molecule has 1 atom stereocenters. The first kappa shape index (κ1) is 14.2. The number of amides is 1. The highest BCUT2D eigenvalue weighted by Crippen LogP contribution is 2.24. The smallest absolute Gasteiger partial charge is 0.251 e. The van der Waals surface area contributed by atoms with Crippen molar-refractivity contribution in [1.29, 1.82) is 0 Å². The summed E-state index contributed by atoms with van der Waals surface area (Å²) in [7, 11) is 0. The molecule has 0 fully saturated rings. The van der Waals surface area contributed by atoms with Gasteiger partial charge in [0.1, 0.15) is 5.75 Å². The second-order valence-electron chi connectivity index (χ2n) is 4.49. The Morgan fingerprint density at radius 2 is 2.00 bits per heavy atom. The summed E-state index contributed by atoms with van der Waals surface area (Å²) in [6.07, 6.45) is 0. The number of para-hydroxylation sites is 1. The molecule has 0 aliphatic heterocycles. The Morgan fingerprint density at radius 1 is 1.30 bits per heavy atom. The van der Waals surface area contributed by atoms with Gasteiger partial charge in [-0.1, -0.05) is 29.8 Å². The number of phenols is 1. The lowest BCUT2D eigenvalue weighted by molar-refractivity contribution is 0.0940. The molecule has 0 bridgehead atoms. The van der Waals surface area contributed by atoms with Crippen molar-refractivity contribution in [3.8, 4) is 5.75 Å². The van der Waals surface area contributed by atoms with Crippen molar-refractivity contribution >= 4 is 23.2 Å². The zero-order valence-electron chi connectivity index (χ0n) is 10.9. The fraction of sp³-hybridized carbons (Fsp3) is 0.133. The molecule has 5 heteroatoms. The minimum Gasteiger partial charge on any atom is -0.506 e. The summed E-state index contributed by atoms with van der Waals surface area (Å²) in [6.45, 7) is 1.85. The topological polar surface area (TPSA) is 75.3 Å². The van der Waals surface area contributed by atoms with E-state index in [-0.39, 0.29) is 22.7 Å². The number of rotatable bonds is 3. The van der Waals surface area contributed by atoms with Gasteiger partial charge in [0.15, 0.2) is 0 Å². The van der Waals surface area contributed by atoms with Crippen LogP contribution < -0.4 is 11.1 Å². The van der Waals surface area contributed by atoms with E-state index < -0.39 is 0 Å². The van der Waals surface area contributed by atoms with Gasteiger partial charge in [0.05, 0.1) is 11.1 Å². The van der Waals surface area contributed by atoms with Crippen molar-refractivity contribution in [2.45, 2.75) is 13.0 Å². The number of hydrogen-bond acceptors (Lipinski definition) is 3. The largest absolute Gasteiger partial charge is 0.506 e. The number of nitrogen functional groups attached to an aromatic ring is 1. The highest BCUT2D eigenvalue weighted by Gasteiger charge is 2.14. The number of benzene rings is 2. The highest BCUT2D eigenvalue weighted by atomic mass is 35.5. The van der Waals surface area contributed by atoms with Crippen LogP contribution in [-0.4, -0.2) is 11.0 Å². The van der Waals surface area contributed by atoms with E-state index in [2.05, 4.69) is 5.32 Å². The first-order valence-electron chi connectivity index (χ1n) is 6.13. The summed E-state index contributed by atoms with van der Waals surface area (Å²) >= 11 is 5.79. The average molecular weight is 291 g/mol. The first-order valence-corrected chi connectivity index (χ1v) is 6.50. The van der Waals surface area contributed by atoms with Crippen molar-refractivity contribution in [3.05, 3.63) is 58.6 Å². The van der Waals surface area contributed by atoms with E-state index >= 15 is 0 Å². The van der Waals surface area contributed by atoms with Gasteiger partial charge in [-0.25, -0.2) is 0 Å². The number of nitrogens with one attached hydrogen (secondary N) is 1. The van der Waals surface area contributed by atoms with Gasteiger partial charge in [-0.15, -0.1) is 0 Å². The molecule has 0 saturated heterocycles. The molecule has 2 aromatic rings. The van der Waals surface area contributed by atoms with Crippen molar-refractivity contribution in [2.75, 3.05) is 5.73 Å². The van der Waals surface area contributed by atoms with Crippen molar-refractivity contribution in [3.63, 3.8) is 0 Å². The third-order valence-corrected chi connectivity index (χ3v) is 3.32. The lowest BCUT2D eigenvalue weighted by atomic mass is 10.1. The second-order valence-corrected chi connectivity index (χ2v) is 4.90. The van der Waals surface area contributed by atoms with Crippen LogP contribution in [0.3, 0.4) is 0 Å². The zero-order valence-corrected chi connectivity index (χ0v) is 11.7. The molecule has 0 spiro atoms. The number of phenolic OH excluding ortho intramolecular Hbond substituents is 1. The molecule has 104 valence electrons. The van der Waals surface area contributed by atoms with E-state index in [1.54, 1.807) is 6.07 Å². The molecule has 4 nitrogen and oxygen atoms in total. The molecule has 2 aromatic carbocycles. The van der Waals surface area contributed by atoms with Crippen LogP contribution in [-0.2, 0) is 0 Å². The molecule has 1 amide bonds. The molecule has 0 aliphatic carbocycles. The number of hydrogen-bond donors (Lipinski definition) is 3. The number of aromatic hydroxyl groups is 1. The van der Waals surface area contributed by atoms with Gasteiger partial charge in [0, 0.05) is 11.3 Å². The van der Waals surface area contributed by atoms with Gasteiger partial charge in [-0.2, -0.15) is 0 Å². The Morgan fingerprint density at radius 3 is 2.65 bits per heavy atom. The van der Waals surface area contributed by atoms with Gasteiger partial charge >= 0.3 is 0 Å². The Labute approximate surface area is 122 Å². The number of nitrogens with two attached hydrogens (primary N) is 1. The van der Waals surface area contributed by atoms with E-state index in [0.29, 0.717) is 11.3 Å². The molecule has 20 heavy (non-hydrogen) atoms. The molecule has 0 radical (unpaired) electrons. The fourth-order valence-electron chi connectivity index (χ4n) is 1.91. The maximum Gasteiger partial charge on any atom is 0.251 e. The normalized spacial score (nSPS) is 11.9. The van der Waals surface area contributed by atoms with Gasteiger partial charge < -0.3 is 16.2 Å². The van der Waals surface area contributed by atoms with Crippen LogP contribution in [0.1, 0.15) is 28.9 Å². The predicted molar refractivity (Wildman–Crippen MR) is 79.9 cm³/mol. The summed E-state index contributed by atoms with van der Waals surface area (Å²) in [5.41, 5.74) is 7.74. The molecule has 4 N–H and O–H groups in total. The quantitative estimate of drug-likeness (QED) is 0.760. The van der Waals surface area contributed by atoms with Crippen molar-refractivity contribution < 1.29 is 9.90 Å². The van der Waals surface area contributed by atoms with E-state index in [4.69, 9.17) is 17.3 Å². The molecule has 0 saturated carbocycles. The van der Waals surface area contributed by atoms with E-state index in [9.17, 15) is 9.90 Å². The lowest BCUT2D eigenvalue weighted by Gasteiger charge is -2.16. The van der Waals surface area contributed by atoms with Crippen LogP contribution in [0.5, 0.6) is 5.75 Å².